The molecular formula is C12H6Br2N2OS. The normalized spacial score (nSPS) is 9.83. The molecule has 1 amide bonds. The summed E-state index contributed by atoms with van der Waals surface area (Å²) in [6.45, 7) is 0. The maximum Gasteiger partial charge on any atom is 0.265 e. The van der Waals surface area contributed by atoms with Crippen molar-refractivity contribution in [3.63, 3.8) is 0 Å². The van der Waals surface area contributed by atoms with Gasteiger partial charge in [-0.3, -0.25) is 4.79 Å². The molecule has 0 unspecified atom stereocenters. The first-order valence-corrected chi connectivity index (χ1v) is 7.27. The SMILES string of the molecule is N#Cc1ccc(NC(=O)c2ccc(Br)s2)c(Br)c1. The van der Waals surface area contributed by atoms with Gasteiger partial charge in [-0.1, -0.05) is 0 Å². The molecule has 0 atom stereocenters. The van der Waals surface area contributed by atoms with Gasteiger partial charge in [0.1, 0.15) is 0 Å². The van der Waals surface area contributed by atoms with E-state index in [1.807, 2.05) is 12.1 Å². The average Bonchev–Trinajstić information content (AvgIpc) is 2.78. The average molecular weight is 386 g/mol. The molecule has 2 rings (SSSR count). The van der Waals surface area contributed by atoms with E-state index in [0.29, 0.717) is 20.6 Å². The van der Waals surface area contributed by atoms with Crippen LogP contribution in [-0.2, 0) is 0 Å². The summed E-state index contributed by atoms with van der Waals surface area (Å²) in [5.41, 5.74) is 1.18. The van der Waals surface area contributed by atoms with Gasteiger partial charge in [-0.05, 0) is 62.2 Å². The molecule has 0 aliphatic heterocycles. The fourth-order valence-corrected chi connectivity index (χ4v) is 3.07. The third kappa shape index (κ3) is 2.99. The van der Waals surface area contributed by atoms with Crippen LogP contribution in [0, 0.1) is 11.3 Å². The molecular weight excluding hydrogens is 380 g/mol. The van der Waals surface area contributed by atoms with E-state index in [4.69, 9.17) is 5.26 Å². The highest BCUT2D eigenvalue weighted by molar-refractivity contribution is 9.11. The number of nitriles is 1. The van der Waals surface area contributed by atoms with E-state index in [2.05, 4.69) is 37.2 Å². The Balaban J connectivity index is 2.20. The molecule has 0 spiro atoms. The lowest BCUT2D eigenvalue weighted by Crippen LogP contribution is -2.10. The van der Waals surface area contributed by atoms with Gasteiger partial charge in [0.2, 0.25) is 0 Å². The number of nitrogens with zero attached hydrogens (tertiary/aromatic N) is 1. The molecule has 0 fully saturated rings. The van der Waals surface area contributed by atoms with E-state index in [0.717, 1.165) is 3.79 Å². The summed E-state index contributed by atoms with van der Waals surface area (Å²) in [7, 11) is 0. The van der Waals surface area contributed by atoms with E-state index in [9.17, 15) is 4.79 Å². The summed E-state index contributed by atoms with van der Waals surface area (Å²) >= 11 is 8.00. The van der Waals surface area contributed by atoms with Crippen LogP contribution in [-0.4, -0.2) is 5.91 Å². The standard InChI is InChI=1S/C12H6Br2N2OS/c13-8-5-7(6-15)1-2-9(8)16-12(17)10-3-4-11(14)18-10/h1-5H,(H,16,17). The minimum absolute atomic E-state index is 0.170. The van der Waals surface area contributed by atoms with Crippen molar-refractivity contribution in [1.82, 2.24) is 0 Å². The van der Waals surface area contributed by atoms with Crippen LogP contribution in [0.1, 0.15) is 15.2 Å². The largest absolute Gasteiger partial charge is 0.320 e. The van der Waals surface area contributed by atoms with Crippen LogP contribution in [0.3, 0.4) is 0 Å². The Morgan fingerprint density at radius 2 is 2.06 bits per heavy atom. The first-order valence-electron chi connectivity index (χ1n) is 4.86. The molecule has 0 saturated carbocycles. The summed E-state index contributed by atoms with van der Waals surface area (Å²) in [5.74, 6) is -0.170. The Hall–Kier alpha value is -1.16. The summed E-state index contributed by atoms with van der Waals surface area (Å²) in [5, 5.41) is 11.5. The third-order valence-corrected chi connectivity index (χ3v) is 4.42. The van der Waals surface area contributed by atoms with Crippen LogP contribution >= 0.6 is 43.2 Å². The number of nitrogens with one attached hydrogen (secondary N) is 1. The van der Waals surface area contributed by atoms with Gasteiger partial charge >= 0.3 is 0 Å². The molecule has 1 heterocycles. The first kappa shape index (κ1) is 13.3. The molecule has 90 valence electrons. The van der Waals surface area contributed by atoms with Crippen molar-refractivity contribution >= 4 is 54.8 Å². The lowest BCUT2D eigenvalue weighted by atomic mass is 10.2. The van der Waals surface area contributed by atoms with Crippen LogP contribution in [0.4, 0.5) is 5.69 Å². The second kappa shape index (κ2) is 5.65. The number of anilines is 1. The maximum absolute atomic E-state index is 11.9. The quantitative estimate of drug-likeness (QED) is 0.832. The van der Waals surface area contributed by atoms with E-state index in [1.165, 1.54) is 11.3 Å². The highest BCUT2D eigenvalue weighted by Gasteiger charge is 2.10. The number of carbonyl (C=O) groups excluding carboxylic acids is 1. The van der Waals surface area contributed by atoms with Gasteiger partial charge in [-0.15, -0.1) is 11.3 Å². The molecule has 1 N–H and O–H groups in total. The lowest BCUT2D eigenvalue weighted by molar-refractivity contribution is 0.103. The van der Waals surface area contributed by atoms with E-state index >= 15 is 0 Å². The number of carbonyl (C=O) groups is 1. The van der Waals surface area contributed by atoms with Gasteiger partial charge in [0.25, 0.3) is 5.91 Å². The summed E-state index contributed by atoms with van der Waals surface area (Å²) in [4.78, 5) is 12.6. The minimum Gasteiger partial charge on any atom is -0.320 e. The number of thiophene rings is 1. The highest BCUT2D eigenvalue weighted by Crippen LogP contribution is 2.26. The Kier molecular flexibility index (Phi) is 4.17. The molecule has 1 aromatic carbocycles. The molecule has 0 aliphatic carbocycles. The summed E-state index contributed by atoms with van der Waals surface area (Å²) in [6.07, 6.45) is 0. The fraction of sp³-hybridized carbons (Fsp3) is 0. The second-order valence-corrected chi connectivity index (χ2v) is 6.68. The number of amides is 1. The molecule has 18 heavy (non-hydrogen) atoms. The van der Waals surface area contributed by atoms with Crippen molar-refractivity contribution in [3.8, 4) is 6.07 Å². The van der Waals surface area contributed by atoms with Crippen molar-refractivity contribution < 1.29 is 4.79 Å². The van der Waals surface area contributed by atoms with Crippen molar-refractivity contribution in [2.75, 3.05) is 5.32 Å². The van der Waals surface area contributed by atoms with Crippen molar-refractivity contribution in [3.05, 3.63) is 49.0 Å². The van der Waals surface area contributed by atoms with Gasteiger partial charge in [0.15, 0.2) is 0 Å². The summed E-state index contributed by atoms with van der Waals surface area (Å²) < 4.78 is 1.59. The number of rotatable bonds is 2. The number of benzene rings is 1. The Bertz CT molecular complexity index is 646. The van der Waals surface area contributed by atoms with Gasteiger partial charge < -0.3 is 5.32 Å². The van der Waals surface area contributed by atoms with Crippen molar-refractivity contribution in [2.24, 2.45) is 0 Å². The Labute approximate surface area is 125 Å². The Morgan fingerprint density at radius 1 is 1.28 bits per heavy atom. The van der Waals surface area contributed by atoms with Gasteiger partial charge in [-0.25, -0.2) is 0 Å². The Morgan fingerprint density at radius 3 is 2.61 bits per heavy atom. The van der Waals surface area contributed by atoms with E-state index in [-0.39, 0.29) is 5.91 Å². The molecule has 0 saturated heterocycles. The zero-order chi connectivity index (χ0) is 13.1. The predicted octanol–water partition coefficient (Wildman–Crippen LogP) is 4.40. The highest BCUT2D eigenvalue weighted by atomic mass is 79.9. The second-order valence-electron chi connectivity index (χ2n) is 3.36. The van der Waals surface area contributed by atoms with Crippen LogP contribution in [0.2, 0.25) is 0 Å². The number of hydrogen-bond donors (Lipinski definition) is 1. The van der Waals surface area contributed by atoms with Crippen LogP contribution in [0.5, 0.6) is 0 Å². The summed E-state index contributed by atoms with van der Waals surface area (Å²) in [6, 6.07) is 10.6. The zero-order valence-electron chi connectivity index (χ0n) is 8.91. The van der Waals surface area contributed by atoms with Crippen LogP contribution in [0.25, 0.3) is 0 Å². The predicted molar refractivity (Wildman–Crippen MR) is 78.8 cm³/mol. The van der Waals surface area contributed by atoms with Gasteiger partial charge in [-0.2, -0.15) is 5.26 Å². The van der Waals surface area contributed by atoms with Crippen LogP contribution in [0.15, 0.2) is 38.6 Å². The molecule has 2 aromatic rings. The van der Waals surface area contributed by atoms with Crippen molar-refractivity contribution in [2.45, 2.75) is 0 Å². The van der Waals surface area contributed by atoms with Crippen LogP contribution < -0.4 is 5.32 Å². The molecule has 0 aliphatic rings. The first-order chi connectivity index (χ1) is 8.60. The maximum atomic E-state index is 11.9. The third-order valence-electron chi connectivity index (χ3n) is 2.14. The number of hydrogen-bond acceptors (Lipinski definition) is 3. The van der Waals surface area contributed by atoms with E-state index in [1.54, 1.807) is 24.3 Å². The topological polar surface area (TPSA) is 52.9 Å². The minimum atomic E-state index is -0.170. The molecule has 6 heteroatoms. The molecule has 0 radical (unpaired) electrons. The molecule has 1 aromatic heterocycles. The number of halogens is 2. The molecule has 3 nitrogen and oxygen atoms in total. The monoisotopic (exact) mass is 384 g/mol. The fourth-order valence-electron chi connectivity index (χ4n) is 1.31. The van der Waals surface area contributed by atoms with Crippen molar-refractivity contribution in [1.29, 1.82) is 5.26 Å². The van der Waals surface area contributed by atoms with Gasteiger partial charge in [0, 0.05) is 4.47 Å². The van der Waals surface area contributed by atoms with Gasteiger partial charge in [0.05, 0.1) is 26.0 Å². The lowest BCUT2D eigenvalue weighted by Gasteiger charge is -2.06. The molecule has 0 bridgehead atoms. The zero-order valence-corrected chi connectivity index (χ0v) is 12.9. The van der Waals surface area contributed by atoms with E-state index < -0.39 is 0 Å². The smallest absolute Gasteiger partial charge is 0.265 e.